The molecule has 0 fully saturated rings. The van der Waals surface area contributed by atoms with Gasteiger partial charge in [0, 0.05) is 29.3 Å². The molecule has 2 aromatic rings. The highest BCUT2D eigenvalue weighted by atomic mass is 14.9. The van der Waals surface area contributed by atoms with E-state index in [0.717, 1.165) is 33.9 Å². The van der Waals surface area contributed by atoms with Crippen LogP contribution < -0.4 is 5.73 Å². The summed E-state index contributed by atoms with van der Waals surface area (Å²) >= 11 is 0. The minimum atomic E-state index is 0.285. The summed E-state index contributed by atoms with van der Waals surface area (Å²) < 4.78 is 0. The molecule has 4 heteroatoms. The Balaban J connectivity index is 2.55. The van der Waals surface area contributed by atoms with Crippen LogP contribution in [-0.2, 0) is 0 Å². The average molecular weight is 256 g/mol. The molecule has 0 saturated heterocycles. The largest absolute Gasteiger partial charge is 0.330 e. The van der Waals surface area contributed by atoms with Crippen molar-refractivity contribution in [3.05, 3.63) is 41.0 Å². The van der Waals surface area contributed by atoms with E-state index in [0.29, 0.717) is 6.54 Å². The van der Waals surface area contributed by atoms with Crippen LogP contribution in [0.2, 0.25) is 0 Å². The van der Waals surface area contributed by atoms with E-state index in [4.69, 9.17) is 5.73 Å². The Labute approximate surface area is 114 Å². The minimum Gasteiger partial charge on any atom is -0.330 e. The van der Waals surface area contributed by atoms with Crippen molar-refractivity contribution in [1.29, 1.82) is 0 Å². The second-order valence-corrected chi connectivity index (χ2v) is 4.96. The van der Waals surface area contributed by atoms with Crippen LogP contribution in [0, 0.1) is 20.8 Å². The van der Waals surface area contributed by atoms with Crippen LogP contribution in [0.5, 0.6) is 0 Å². The zero-order valence-corrected chi connectivity index (χ0v) is 11.9. The Kier molecular flexibility index (Phi) is 3.90. The molecule has 0 aliphatic carbocycles. The topological polar surface area (TPSA) is 64.7 Å². The molecule has 0 spiro atoms. The van der Waals surface area contributed by atoms with Crippen LogP contribution in [0.25, 0.3) is 11.4 Å². The third-order valence-corrected chi connectivity index (χ3v) is 3.43. The van der Waals surface area contributed by atoms with Gasteiger partial charge in [-0.05, 0) is 50.4 Å². The van der Waals surface area contributed by atoms with Gasteiger partial charge in [0.2, 0.25) is 0 Å². The van der Waals surface area contributed by atoms with Gasteiger partial charge in [-0.15, -0.1) is 0 Å². The van der Waals surface area contributed by atoms with E-state index in [1.165, 1.54) is 0 Å². The predicted molar refractivity (Wildman–Crippen MR) is 76.9 cm³/mol. The molecular weight excluding hydrogens is 236 g/mol. The fraction of sp³-hybridized carbons (Fsp3) is 0.400. The Bertz CT molecular complexity index is 569. The summed E-state index contributed by atoms with van der Waals surface area (Å²) in [6, 6.07) is 1.95. The lowest BCUT2D eigenvalue weighted by molar-refractivity contribution is 0.744. The normalized spacial score (nSPS) is 12.5. The first-order valence-electron chi connectivity index (χ1n) is 6.50. The molecule has 100 valence electrons. The van der Waals surface area contributed by atoms with Crippen LogP contribution in [0.3, 0.4) is 0 Å². The molecule has 2 heterocycles. The van der Waals surface area contributed by atoms with Crippen molar-refractivity contribution in [3.63, 3.8) is 0 Å². The van der Waals surface area contributed by atoms with Gasteiger partial charge in [-0.1, -0.05) is 6.92 Å². The maximum absolute atomic E-state index is 5.75. The molecule has 0 amide bonds. The molecule has 2 aromatic heterocycles. The number of hydrogen-bond donors (Lipinski definition) is 1. The highest BCUT2D eigenvalue weighted by Gasteiger charge is 2.15. The Morgan fingerprint density at radius 1 is 1.16 bits per heavy atom. The molecular formula is C15H20N4. The molecule has 0 aliphatic heterocycles. The summed E-state index contributed by atoms with van der Waals surface area (Å²) in [5.41, 5.74) is 11.1. The van der Waals surface area contributed by atoms with E-state index in [-0.39, 0.29) is 5.92 Å². The van der Waals surface area contributed by atoms with Gasteiger partial charge < -0.3 is 5.73 Å². The van der Waals surface area contributed by atoms with Crippen molar-refractivity contribution in [2.24, 2.45) is 5.73 Å². The fourth-order valence-electron chi connectivity index (χ4n) is 2.40. The third-order valence-electron chi connectivity index (χ3n) is 3.43. The van der Waals surface area contributed by atoms with Gasteiger partial charge in [0.1, 0.15) is 0 Å². The van der Waals surface area contributed by atoms with Gasteiger partial charge >= 0.3 is 0 Å². The molecule has 2 rings (SSSR count). The van der Waals surface area contributed by atoms with Crippen LogP contribution in [0.4, 0.5) is 0 Å². The summed E-state index contributed by atoms with van der Waals surface area (Å²) in [4.78, 5) is 13.4. The summed E-state index contributed by atoms with van der Waals surface area (Å²) in [6.45, 7) is 8.79. The zero-order valence-electron chi connectivity index (χ0n) is 11.9. The fourth-order valence-corrected chi connectivity index (χ4v) is 2.40. The van der Waals surface area contributed by atoms with E-state index in [1.807, 2.05) is 33.0 Å². The maximum Gasteiger partial charge on any atom is 0.160 e. The van der Waals surface area contributed by atoms with Gasteiger partial charge in [0.15, 0.2) is 5.82 Å². The van der Waals surface area contributed by atoms with E-state index in [9.17, 15) is 0 Å². The second kappa shape index (κ2) is 5.45. The molecule has 0 aliphatic rings. The number of pyridine rings is 1. The summed E-state index contributed by atoms with van der Waals surface area (Å²) in [5, 5.41) is 0. The third kappa shape index (κ3) is 2.63. The lowest BCUT2D eigenvalue weighted by atomic mass is 9.98. The van der Waals surface area contributed by atoms with Crippen molar-refractivity contribution in [1.82, 2.24) is 15.0 Å². The standard InChI is InChI=1S/C15H20N4/c1-9(7-16)14-11(3)18-15(19-12(14)4)13-5-6-17-8-10(13)2/h5-6,8-9H,7,16H2,1-4H3. The van der Waals surface area contributed by atoms with Crippen molar-refractivity contribution < 1.29 is 0 Å². The average Bonchev–Trinajstić information content (AvgIpc) is 2.38. The second-order valence-electron chi connectivity index (χ2n) is 4.96. The number of aromatic nitrogens is 3. The number of nitrogens with zero attached hydrogens (tertiary/aromatic N) is 3. The van der Waals surface area contributed by atoms with E-state index >= 15 is 0 Å². The molecule has 4 nitrogen and oxygen atoms in total. The first kappa shape index (κ1) is 13.6. The Morgan fingerprint density at radius 3 is 2.32 bits per heavy atom. The van der Waals surface area contributed by atoms with Crippen LogP contribution in [-0.4, -0.2) is 21.5 Å². The van der Waals surface area contributed by atoms with E-state index in [2.05, 4.69) is 21.9 Å². The summed E-state index contributed by atoms with van der Waals surface area (Å²) in [5.74, 6) is 1.05. The Morgan fingerprint density at radius 2 is 1.79 bits per heavy atom. The van der Waals surface area contributed by atoms with Gasteiger partial charge in [0.05, 0.1) is 0 Å². The molecule has 2 N–H and O–H groups in total. The van der Waals surface area contributed by atoms with Gasteiger partial charge in [-0.3, -0.25) is 4.98 Å². The highest BCUT2D eigenvalue weighted by Crippen LogP contribution is 2.25. The maximum atomic E-state index is 5.75. The van der Waals surface area contributed by atoms with Gasteiger partial charge in [0.25, 0.3) is 0 Å². The molecule has 1 unspecified atom stereocenters. The van der Waals surface area contributed by atoms with Crippen molar-refractivity contribution in [2.75, 3.05) is 6.54 Å². The molecule has 19 heavy (non-hydrogen) atoms. The smallest absolute Gasteiger partial charge is 0.160 e. The lowest BCUT2D eigenvalue weighted by Crippen LogP contribution is -2.14. The van der Waals surface area contributed by atoms with Crippen LogP contribution >= 0.6 is 0 Å². The highest BCUT2D eigenvalue weighted by molar-refractivity contribution is 5.59. The van der Waals surface area contributed by atoms with E-state index in [1.54, 1.807) is 6.20 Å². The monoisotopic (exact) mass is 256 g/mol. The van der Waals surface area contributed by atoms with Gasteiger partial charge in [-0.25, -0.2) is 9.97 Å². The van der Waals surface area contributed by atoms with Crippen molar-refractivity contribution >= 4 is 0 Å². The van der Waals surface area contributed by atoms with Crippen molar-refractivity contribution in [2.45, 2.75) is 33.6 Å². The molecule has 0 bridgehead atoms. The van der Waals surface area contributed by atoms with E-state index < -0.39 is 0 Å². The summed E-state index contributed by atoms with van der Waals surface area (Å²) in [6.07, 6.45) is 3.60. The SMILES string of the molecule is Cc1cnccc1-c1nc(C)c(C(C)CN)c(C)n1. The first-order valence-corrected chi connectivity index (χ1v) is 6.50. The Hall–Kier alpha value is -1.81. The predicted octanol–water partition coefficient (Wildman–Crippen LogP) is 2.53. The lowest BCUT2D eigenvalue weighted by Gasteiger charge is -2.16. The molecule has 0 aromatic carbocycles. The van der Waals surface area contributed by atoms with Crippen molar-refractivity contribution in [3.8, 4) is 11.4 Å². The zero-order chi connectivity index (χ0) is 14.0. The van der Waals surface area contributed by atoms with Gasteiger partial charge in [-0.2, -0.15) is 0 Å². The molecule has 0 radical (unpaired) electrons. The number of nitrogens with two attached hydrogens (primary N) is 1. The number of rotatable bonds is 3. The number of aryl methyl sites for hydroxylation is 3. The first-order chi connectivity index (χ1) is 9.04. The number of hydrogen-bond acceptors (Lipinski definition) is 4. The van der Waals surface area contributed by atoms with Crippen LogP contribution in [0.1, 0.15) is 35.4 Å². The quantitative estimate of drug-likeness (QED) is 0.916. The summed E-state index contributed by atoms with van der Waals surface area (Å²) in [7, 11) is 0. The van der Waals surface area contributed by atoms with Crippen LogP contribution in [0.15, 0.2) is 18.5 Å². The minimum absolute atomic E-state index is 0.285. The molecule has 1 atom stereocenters. The molecule has 0 saturated carbocycles.